The van der Waals surface area contributed by atoms with Crippen molar-refractivity contribution in [1.82, 2.24) is 5.32 Å². The van der Waals surface area contributed by atoms with Gasteiger partial charge in [-0.2, -0.15) is 0 Å². The molecule has 2 rings (SSSR count). The molecule has 0 radical (unpaired) electrons. The fourth-order valence-electron chi connectivity index (χ4n) is 2.28. The first-order valence-electron chi connectivity index (χ1n) is 6.18. The standard InChI is InChI=1S/C13H15F3N2O/c1-7-9(3-2-4-17-7)13(19)18-12-10(15)5-8(14)6-11(12)16/h5-7,9,17H,2-4H2,1H3,(H,18,19). The lowest BCUT2D eigenvalue weighted by molar-refractivity contribution is -0.121. The molecular formula is C13H15F3N2O. The molecular weight excluding hydrogens is 257 g/mol. The summed E-state index contributed by atoms with van der Waals surface area (Å²) in [5, 5.41) is 5.34. The van der Waals surface area contributed by atoms with Crippen molar-refractivity contribution in [2.45, 2.75) is 25.8 Å². The first kappa shape index (κ1) is 13.9. The lowest BCUT2D eigenvalue weighted by Crippen LogP contribution is -2.44. The largest absolute Gasteiger partial charge is 0.321 e. The van der Waals surface area contributed by atoms with E-state index in [9.17, 15) is 18.0 Å². The van der Waals surface area contributed by atoms with Crippen molar-refractivity contribution >= 4 is 11.6 Å². The van der Waals surface area contributed by atoms with E-state index in [0.717, 1.165) is 13.0 Å². The van der Waals surface area contributed by atoms with Crippen LogP contribution < -0.4 is 10.6 Å². The number of benzene rings is 1. The number of nitrogens with one attached hydrogen (secondary N) is 2. The maximum atomic E-state index is 13.4. The van der Waals surface area contributed by atoms with Gasteiger partial charge in [0.2, 0.25) is 5.91 Å². The highest BCUT2D eigenvalue weighted by molar-refractivity contribution is 5.93. The Bertz CT molecular complexity index is 470. The lowest BCUT2D eigenvalue weighted by atomic mass is 9.91. The van der Waals surface area contributed by atoms with E-state index in [0.29, 0.717) is 18.6 Å². The fraction of sp³-hybridized carbons (Fsp3) is 0.462. The molecule has 0 aliphatic carbocycles. The number of anilines is 1. The molecule has 19 heavy (non-hydrogen) atoms. The second-order valence-electron chi connectivity index (χ2n) is 4.73. The molecule has 6 heteroatoms. The summed E-state index contributed by atoms with van der Waals surface area (Å²) in [6, 6.07) is 1.03. The van der Waals surface area contributed by atoms with Crippen LogP contribution in [-0.4, -0.2) is 18.5 Å². The average molecular weight is 272 g/mol. The van der Waals surface area contributed by atoms with Crippen LogP contribution in [0.1, 0.15) is 19.8 Å². The van der Waals surface area contributed by atoms with Crippen LogP contribution in [0.5, 0.6) is 0 Å². The average Bonchev–Trinajstić information content (AvgIpc) is 2.34. The van der Waals surface area contributed by atoms with Gasteiger partial charge in [-0.25, -0.2) is 13.2 Å². The number of hydrogen-bond acceptors (Lipinski definition) is 2. The number of carbonyl (C=O) groups excluding carboxylic acids is 1. The molecule has 0 spiro atoms. The summed E-state index contributed by atoms with van der Waals surface area (Å²) in [6.45, 7) is 2.67. The van der Waals surface area contributed by atoms with Gasteiger partial charge in [0, 0.05) is 18.2 Å². The molecule has 1 aromatic rings. The highest BCUT2D eigenvalue weighted by Crippen LogP contribution is 2.23. The highest BCUT2D eigenvalue weighted by atomic mass is 19.1. The van der Waals surface area contributed by atoms with Gasteiger partial charge in [-0.15, -0.1) is 0 Å². The summed E-state index contributed by atoms with van der Waals surface area (Å²) in [5.74, 6) is -4.04. The summed E-state index contributed by atoms with van der Waals surface area (Å²) < 4.78 is 39.6. The molecule has 1 saturated heterocycles. The van der Waals surface area contributed by atoms with Gasteiger partial charge in [0.25, 0.3) is 0 Å². The number of hydrogen-bond donors (Lipinski definition) is 2. The van der Waals surface area contributed by atoms with Crippen molar-refractivity contribution in [3.05, 3.63) is 29.6 Å². The van der Waals surface area contributed by atoms with Gasteiger partial charge in [0.15, 0.2) is 11.6 Å². The minimum absolute atomic E-state index is 0.0553. The highest BCUT2D eigenvalue weighted by Gasteiger charge is 2.28. The van der Waals surface area contributed by atoms with Crippen molar-refractivity contribution in [1.29, 1.82) is 0 Å². The van der Waals surface area contributed by atoms with Gasteiger partial charge in [-0.05, 0) is 26.3 Å². The lowest BCUT2D eigenvalue weighted by Gasteiger charge is -2.28. The van der Waals surface area contributed by atoms with Crippen LogP contribution in [0.2, 0.25) is 0 Å². The van der Waals surface area contributed by atoms with Crippen molar-refractivity contribution in [3.63, 3.8) is 0 Å². The molecule has 1 aliphatic rings. The summed E-state index contributed by atoms with van der Waals surface area (Å²) in [4.78, 5) is 12.0. The predicted octanol–water partition coefficient (Wildman–Crippen LogP) is 2.43. The van der Waals surface area contributed by atoms with Crippen LogP contribution in [0, 0.1) is 23.4 Å². The molecule has 0 saturated carbocycles. The Morgan fingerprint density at radius 1 is 1.32 bits per heavy atom. The summed E-state index contributed by atoms with van der Waals surface area (Å²) in [5.41, 5.74) is -0.593. The maximum Gasteiger partial charge on any atom is 0.229 e. The Hall–Kier alpha value is -1.56. The van der Waals surface area contributed by atoms with Crippen molar-refractivity contribution < 1.29 is 18.0 Å². The van der Waals surface area contributed by atoms with Gasteiger partial charge in [-0.1, -0.05) is 0 Å². The molecule has 104 valence electrons. The van der Waals surface area contributed by atoms with E-state index < -0.39 is 29.0 Å². The minimum atomic E-state index is -1.11. The zero-order valence-electron chi connectivity index (χ0n) is 10.5. The summed E-state index contributed by atoms with van der Waals surface area (Å²) in [7, 11) is 0. The van der Waals surface area contributed by atoms with E-state index in [2.05, 4.69) is 10.6 Å². The Morgan fingerprint density at radius 2 is 1.95 bits per heavy atom. The van der Waals surface area contributed by atoms with E-state index in [1.165, 1.54) is 0 Å². The monoisotopic (exact) mass is 272 g/mol. The van der Waals surface area contributed by atoms with E-state index in [1.54, 1.807) is 0 Å². The zero-order chi connectivity index (χ0) is 14.0. The minimum Gasteiger partial charge on any atom is -0.321 e. The van der Waals surface area contributed by atoms with Crippen LogP contribution in [0.25, 0.3) is 0 Å². The third-order valence-electron chi connectivity index (χ3n) is 3.35. The van der Waals surface area contributed by atoms with Crippen LogP contribution in [0.15, 0.2) is 12.1 Å². The summed E-state index contributed by atoms with van der Waals surface area (Å²) in [6.07, 6.45) is 1.49. The number of carbonyl (C=O) groups is 1. The number of rotatable bonds is 2. The van der Waals surface area contributed by atoms with Gasteiger partial charge in [0.1, 0.15) is 11.5 Å². The summed E-state index contributed by atoms with van der Waals surface area (Å²) >= 11 is 0. The molecule has 2 atom stereocenters. The van der Waals surface area contributed by atoms with E-state index in [4.69, 9.17) is 0 Å². The molecule has 3 nitrogen and oxygen atoms in total. The third-order valence-corrected chi connectivity index (χ3v) is 3.35. The van der Waals surface area contributed by atoms with Crippen LogP contribution in [0.4, 0.5) is 18.9 Å². The molecule has 1 aliphatic heterocycles. The molecule has 1 fully saturated rings. The first-order valence-corrected chi connectivity index (χ1v) is 6.18. The van der Waals surface area contributed by atoms with Gasteiger partial charge in [-0.3, -0.25) is 4.79 Å². The normalized spacial score (nSPS) is 23.2. The maximum absolute atomic E-state index is 13.4. The van der Waals surface area contributed by atoms with Crippen LogP contribution in [0.3, 0.4) is 0 Å². The Balaban J connectivity index is 2.14. The molecule has 0 bridgehead atoms. The Kier molecular flexibility index (Phi) is 4.09. The number of piperidine rings is 1. The van der Waals surface area contributed by atoms with Gasteiger partial charge < -0.3 is 10.6 Å². The molecule has 2 N–H and O–H groups in total. The smallest absolute Gasteiger partial charge is 0.229 e. The second-order valence-corrected chi connectivity index (χ2v) is 4.73. The van der Waals surface area contributed by atoms with E-state index >= 15 is 0 Å². The topological polar surface area (TPSA) is 41.1 Å². The molecule has 1 heterocycles. The third kappa shape index (κ3) is 3.07. The quantitative estimate of drug-likeness (QED) is 0.868. The van der Waals surface area contributed by atoms with Gasteiger partial charge >= 0.3 is 0 Å². The fourth-order valence-corrected chi connectivity index (χ4v) is 2.28. The molecule has 2 unspecified atom stereocenters. The van der Waals surface area contributed by atoms with E-state index in [-0.39, 0.29) is 12.0 Å². The molecule has 1 aromatic carbocycles. The first-order chi connectivity index (χ1) is 8.99. The molecule has 0 aromatic heterocycles. The number of halogens is 3. The van der Waals surface area contributed by atoms with Crippen LogP contribution >= 0.6 is 0 Å². The Morgan fingerprint density at radius 3 is 2.53 bits per heavy atom. The van der Waals surface area contributed by atoms with Crippen molar-refractivity contribution in [2.75, 3.05) is 11.9 Å². The van der Waals surface area contributed by atoms with Crippen molar-refractivity contribution in [2.24, 2.45) is 5.92 Å². The molecule has 1 amide bonds. The Labute approximate surface area is 109 Å². The van der Waals surface area contributed by atoms with Crippen LogP contribution in [-0.2, 0) is 4.79 Å². The predicted molar refractivity (Wildman–Crippen MR) is 65.1 cm³/mol. The second kappa shape index (κ2) is 5.61. The number of amides is 1. The van der Waals surface area contributed by atoms with Crippen molar-refractivity contribution in [3.8, 4) is 0 Å². The zero-order valence-corrected chi connectivity index (χ0v) is 10.5. The SMILES string of the molecule is CC1NCCCC1C(=O)Nc1c(F)cc(F)cc1F. The van der Waals surface area contributed by atoms with E-state index in [1.807, 2.05) is 6.92 Å². The van der Waals surface area contributed by atoms with Gasteiger partial charge in [0.05, 0.1) is 5.92 Å².